The van der Waals surface area contributed by atoms with Crippen LogP contribution in [0, 0.1) is 0 Å². The van der Waals surface area contributed by atoms with Gasteiger partial charge in [-0.15, -0.1) is 0 Å². The first-order valence-corrected chi connectivity index (χ1v) is 7.46. The van der Waals surface area contributed by atoms with Gasteiger partial charge in [-0.3, -0.25) is 4.79 Å². The minimum atomic E-state index is -0.775. The fraction of sp³-hybridized carbons (Fsp3) is 0.688. The SMILES string of the molecule is C=CN(C=O)CCCN(C(=O)OC(C)(C)C)C(=O)OC(C)(C)C. The third-order valence-corrected chi connectivity index (χ3v) is 2.40. The van der Waals surface area contributed by atoms with E-state index in [1.165, 1.54) is 11.1 Å². The number of nitrogens with zero attached hydrogens (tertiary/aromatic N) is 2. The Hall–Kier alpha value is -2.05. The van der Waals surface area contributed by atoms with Gasteiger partial charge in [-0.05, 0) is 54.2 Å². The average Bonchev–Trinajstić information content (AvgIpc) is 2.34. The van der Waals surface area contributed by atoms with Gasteiger partial charge >= 0.3 is 12.2 Å². The molecule has 0 aliphatic carbocycles. The van der Waals surface area contributed by atoms with Crippen molar-refractivity contribution in [2.24, 2.45) is 0 Å². The predicted octanol–water partition coefficient (Wildman–Crippen LogP) is 3.15. The van der Waals surface area contributed by atoms with E-state index in [9.17, 15) is 14.4 Å². The maximum Gasteiger partial charge on any atom is 0.419 e. The van der Waals surface area contributed by atoms with Crippen molar-refractivity contribution in [2.75, 3.05) is 13.1 Å². The molecule has 0 radical (unpaired) electrons. The zero-order valence-corrected chi connectivity index (χ0v) is 14.9. The van der Waals surface area contributed by atoms with Crippen LogP contribution < -0.4 is 0 Å². The van der Waals surface area contributed by atoms with Gasteiger partial charge in [0.1, 0.15) is 11.2 Å². The van der Waals surface area contributed by atoms with Gasteiger partial charge in [-0.2, -0.15) is 0 Å². The van der Waals surface area contributed by atoms with Crippen molar-refractivity contribution in [3.63, 3.8) is 0 Å². The Bertz CT molecular complexity index is 399. The minimum absolute atomic E-state index is 0.0714. The molecule has 23 heavy (non-hydrogen) atoms. The van der Waals surface area contributed by atoms with Gasteiger partial charge in [0.25, 0.3) is 0 Å². The summed E-state index contributed by atoms with van der Waals surface area (Å²) >= 11 is 0. The van der Waals surface area contributed by atoms with E-state index in [0.29, 0.717) is 19.4 Å². The largest absolute Gasteiger partial charge is 0.443 e. The molecule has 0 aromatic carbocycles. The number of carbonyl (C=O) groups excluding carboxylic acids is 3. The van der Waals surface area contributed by atoms with Crippen LogP contribution in [0.1, 0.15) is 48.0 Å². The minimum Gasteiger partial charge on any atom is -0.443 e. The molecule has 0 unspecified atom stereocenters. The highest BCUT2D eigenvalue weighted by Crippen LogP contribution is 2.14. The second-order valence-corrected chi connectivity index (χ2v) is 6.99. The third-order valence-electron chi connectivity index (χ3n) is 2.40. The van der Waals surface area contributed by atoms with Gasteiger partial charge in [0.2, 0.25) is 6.41 Å². The molecule has 132 valence electrons. The number of hydrogen-bond donors (Lipinski definition) is 0. The standard InChI is InChI=1S/C16H28N2O5/c1-8-17(12-19)10-9-11-18(13(20)22-15(2,3)4)14(21)23-16(5,6)7/h8,12H,1,9-11H2,2-7H3. The maximum absolute atomic E-state index is 12.2. The number of hydrogen-bond acceptors (Lipinski definition) is 5. The molecule has 0 spiro atoms. The molecule has 0 saturated heterocycles. The van der Waals surface area contributed by atoms with E-state index >= 15 is 0 Å². The Morgan fingerprint density at radius 1 is 0.957 bits per heavy atom. The monoisotopic (exact) mass is 328 g/mol. The van der Waals surface area contributed by atoms with Crippen LogP contribution in [0.25, 0.3) is 0 Å². The number of imide groups is 1. The van der Waals surface area contributed by atoms with Crippen LogP contribution in [-0.2, 0) is 14.3 Å². The van der Waals surface area contributed by atoms with Crippen molar-refractivity contribution < 1.29 is 23.9 Å². The van der Waals surface area contributed by atoms with Crippen molar-refractivity contribution in [3.05, 3.63) is 12.8 Å². The molecule has 7 heteroatoms. The number of rotatable bonds is 6. The summed E-state index contributed by atoms with van der Waals surface area (Å²) in [4.78, 5) is 37.3. The summed E-state index contributed by atoms with van der Waals surface area (Å²) in [6.07, 6.45) is 0.825. The van der Waals surface area contributed by atoms with Crippen molar-refractivity contribution in [1.82, 2.24) is 9.80 Å². The lowest BCUT2D eigenvalue weighted by atomic mass is 10.2. The first kappa shape index (κ1) is 20.9. The van der Waals surface area contributed by atoms with Gasteiger partial charge in [0.15, 0.2) is 0 Å². The van der Waals surface area contributed by atoms with E-state index in [1.807, 2.05) is 0 Å². The summed E-state index contributed by atoms with van der Waals surface area (Å²) in [5, 5.41) is 0. The molecule has 0 saturated carbocycles. The quantitative estimate of drug-likeness (QED) is 0.700. The van der Waals surface area contributed by atoms with E-state index in [-0.39, 0.29) is 6.54 Å². The van der Waals surface area contributed by atoms with Crippen LogP contribution in [0.2, 0.25) is 0 Å². The number of carbonyl (C=O) groups is 3. The number of amides is 3. The highest BCUT2D eigenvalue weighted by atomic mass is 16.6. The van der Waals surface area contributed by atoms with Gasteiger partial charge in [-0.1, -0.05) is 6.58 Å². The van der Waals surface area contributed by atoms with Crippen LogP contribution in [0.4, 0.5) is 9.59 Å². The summed E-state index contributed by atoms with van der Waals surface area (Å²) in [5.74, 6) is 0. The van der Waals surface area contributed by atoms with Crippen molar-refractivity contribution in [3.8, 4) is 0 Å². The Labute approximate surface area is 138 Å². The van der Waals surface area contributed by atoms with Crippen LogP contribution in [-0.4, -0.2) is 52.7 Å². The van der Waals surface area contributed by atoms with Crippen molar-refractivity contribution in [1.29, 1.82) is 0 Å². The molecule has 7 nitrogen and oxygen atoms in total. The molecule has 0 fully saturated rings. The van der Waals surface area contributed by atoms with Gasteiger partial charge < -0.3 is 14.4 Å². The van der Waals surface area contributed by atoms with Crippen LogP contribution in [0.3, 0.4) is 0 Å². The van der Waals surface area contributed by atoms with Crippen LogP contribution in [0.5, 0.6) is 0 Å². The van der Waals surface area contributed by atoms with E-state index in [0.717, 1.165) is 4.90 Å². The van der Waals surface area contributed by atoms with Crippen molar-refractivity contribution in [2.45, 2.75) is 59.2 Å². The lowest BCUT2D eigenvalue weighted by molar-refractivity contribution is -0.115. The molecule has 0 aliphatic rings. The van der Waals surface area contributed by atoms with Crippen LogP contribution >= 0.6 is 0 Å². The molecule has 0 bridgehead atoms. The second kappa shape index (κ2) is 8.55. The Kier molecular flexibility index (Phi) is 7.79. The topological polar surface area (TPSA) is 76.2 Å². The molecule has 0 aromatic heterocycles. The van der Waals surface area contributed by atoms with Crippen LogP contribution in [0.15, 0.2) is 12.8 Å². The fourth-order valence-corrected chi connectivity index (χ4v) is 1.49. The summed E-state index contributed by atoms with van der Waals surface area (Å²) in [6.45, 7) is 14.2. The van der Waals surface area contributed by atoms with Gasteiger partial charge in [-0.25, -0.2) is 14.5 Å². The first-order valence-electron chi connectivity index (χ1n) is 7.46. The summed E-state index contributed by atoms with van der Waals surface area (Å²) < 4.78 is 10.5. The highest BCUT2D eigenvalue weighted by molar-refractivity contribution is 5.88. The molecular weight excluding hydrogens is 300 g/mol. The molecule has 0 atom stereocenters. The molecule has 0 heterocycles. The highest BCUT2D eigenvalue weighted by Gasteiger charge is 2.30. The molecule has 0 aromatic rings. The lowest BCUT2D eigenvalue weighted by Crippen LogP contribution is -2.44. The number of ether oxygens (including phenoxy) is 2. The van der Waals surface area contributed by atoms with E-state index < -0.39 is 23.4 Å². The lowest BCUT2D eigenvalue weighted by Gasteiger charge is -2.28. The van der Waals surface area contributed by atoms with Gasteiger partial charge in [0.05, 0.1) is 0 Å². The molecule has 0 N–H and O–H groups in total. The normalized spacial score (nSPS) is 11.4. The van der Waals surface area contributed by atoms with E-state index in [2.05, 4.69) is 6.58 Å². The van der Waals surface area contributed by atoms with Crippen molar-refractivity contribution >= 4 is 18.6 Å². The molecule has 3 amide bonds. The first-order chi connectivity index (χ1) is 10.4. The predicted molar refractivity (Wildman–Crippen MR) is 86.8 cm³/mol. The fourth-order valence-electron chi connectivity index (χ4n) is 1.49. The Morgan fingerprint density at radius 3 is 1.70 bits per heavy atom. The third kappa shape index (κ3) is 9.55. The zero-order chi connectivity index (χ0) is 18.3. The van der Waals surface area contributed by atoms with Gasteiger partial charge in [0, 0.05) is 13.1 Å². The van der Waals surface area contributed by atoms with E-state index in [4.69, 9.17) is 9.47 Å². The Balaban J connectivity index is 4.92. The zero-order valence-electron chi connectivity index (χ0n) is 14.9. The average molecular weight is 328 g/mol. The Morgan fingerprint density at radius 2 is 1.39 bits per heavy atom. The summed E-state index contributed by atoms with van der Waals surface area (Å²) in [5.41, 5.74) is -1.46. The maximum atomic E-state index is 12.2. The summed E-state index contributed by atoms with van der Waals surface area (Å²) in [7, 11) is 0. The van der Waals surface area contributed by atoms with E-state index in [1.54, 1.807) is 41.5 Å². The molecule has 0 aliphatic heterocycles. The summed E-state index contributed by atoms with van der Waals surface area (Å²) in [6, 6.07) is 0. The smallest absolute Gasteiger partial charge is 0.419 e. The molecular formula is C16H28N2O5. The second-order valence-electron chi connectivity index (χ2n) is 6.99. The molecule has 0 rings (SSSR count).